The van der Waals surface area contributed by atoms with E-state index in [0.717, 1.165) is 68.8 Å². The van der Waals surface area contributed by atoms with E-state index in [2.05, 4.69) is 65.0 Å². The number of ether oxygens (including phenoxy) is 4. The van der Waals surface area contributed by atoms with Gasteiger partial charge in [0.25, 0.3) is 5.91 Å². The molecule has 10 heteroatoms. The van der Waals surface area contributed by atoms with Gasteiger partial charge in [0.15, 0.2) is 11.5 Å². The van der Waals surface area contributed by atoms with Crippen LogP contribution in [-0.4, -0.2) is 98.6 Å². The van der Waals surface area contributed by atoms with Crippen LogP contribution in [0.4, 0.5) is 5.95 Å². The monoisotopic (exact) mass is 683 g/mol. The van der Waals surface area contributed by atoms with Gasteiger partial charge in [-0.1, -0.05) is 30.3 Å². The fourth-order valence-corrected chi connectivity index (χ4v) is 7.66. The topological polar surface area (TPSA) is 90.3 Å². The van der Waals surface area contributed by atoms with Crippen molar-refractivity contribution >= 4 is 22.9 Å². The summed E-state index contributed by atoms with van der Waals surface area (Å²) in [5.41, 5.74) is 6.45. The van der Waals surface area contributed by atoms with Crippen molar-refractivity contribution in [3.8, 4) is 17.2 Å². The minimum absolute atomic E-state index is 0.0193. The van der Waals surface area contributed by atoms with Crippen molar-refractivity contribution in [1.29, 1.82) is 0 Å². The molecule has 2 aliphatic rings. The summed E-state index contributed by atoms with van der Waals surface area (Å²) >= 11 is 0. The molecule has 2 aliphatic heterocycles. The molecule has 3 aromatic carbocycles. The SMILES string of the molecule is CCOCCn1c(NC2CCN(CCC3(c4ccc(C)c(C)c4)CCN(C(=O)c4cc(OC)c(OC)c(OC)c4)C3)CC2)nc2ccccc21. The maximum atomic E-state index is 14.0. The van der Waals surface area contributed by atoms with E-state index in [1.54, 1.807) is 33.5 Å². The Morgan fingerprint density at radius 1 is 0.920 bits per heavy atom. The number of piperidine rings is 1. The number of aryl methyl sites for hydroxylation is 2. The van der Waals surface area contributed by atoms with Gasteiger partial charge in [0.1, 0.15) is 0 Å². The highest BCUT2D eigenvalue weighted by Gasteiger charge is 2.42. The molecular formula is C40H53N5O5. The summed E-state index contributed by atoms with van der Waals surface area (Å²) in [6, 6.07) is 19.1. The zero-order valence-electron chi connectivity index (χ0n) is 30.6. The first kappa shape index (κ1) is 35.5. The normalized spacial score (nSPS) is 18.5. The number of hydrogen-bond donors (Lipinski definition) is 1. The summed E-state index contributed by atoms with van der Waals surface area (Å²) in [5, 5.41) is 3.79. The van der Waals surface area contributed by atoms with E-state index in [9.17, 15) is 4.79 Å². The van der Waals surface area contributed by atoms with Gasteiger partial charge >= 0.3 is 0 Å². The van der Waals surface area contributed by atoms with Crippen LogP contribution < -0.4 is 19.5 Å². The zero-order chi connectivity index (χ0) is 35.3. The molecule has 268 valence electrons. The van der Waals surface area contributed by atoms with Crippen LogP contribution in [0.2, 0.25) is 0 Å². The Morgan fingerprint density at radius 2 is 1.66 bits per heavy atom. The molecule has 4 aromatic rings. The molecule has 50 heavy (non-hydrogen) atoms. The Kier molecular flexibility index (Phi) is 11.2. The lowest BCUT2D eigenvalue weighted by atomic mass is 9.75. The van der Waals surface area contributed by atoms with Gasteiger partial charge in [-0.2, -0.15) is 0 Å². The Hall–Kier alpha value is -4.28. The number of carbonyl (C=O) groups excluding carboxylic acids is 1. The smallest absolute Gasteiger partial charge is 0.254 e. The number of benzene rings is 3. The first-order valence-corrected chi connectivity index (χ1v) is 18.0. The average molecular weight is 684 g/mol. The van der Waals surface area contributed by atoms with Gasteiger partial charge in [-0.05, 0) is 94.0 Å². The molecule has 1 atom stereocenters. The Morgan fingerprint density at radius 3 is 2.34 bits per heavy atom. The number of aromatic nitrogens is 2. The zero-order valence-corrected chi connectivity index (χ0v) is 30.6. The maximum absolute atomic E-state index is 14.0. The number of para-hydroxylation sites is 2. The molecule has 0 saturated carbocycles. The molecule has 1 amide bonds. The summed E-state index contributed by atoms with van der Waals surface area (Å²) in [7, 11) is 4.72. The minimum Gasteiger partial charge on any atom is -0.493 e. The van der Waals surface area contributed by atoms with Crippen LogP contribution in [-0.2, 0) is 16.7 Å². The quantitative estimate of drug-likeness (QED) is 0.152. The molecule has 2 fully saturated rings. The molecule has 0 aliphatic carbocycles. The molecular weight excluding hydrogens is 630 g/mol. The van der Waals surface area contributed by atoms with E-state index in [1.807, 2.05) is 17.9 Å². The van der Waals surface area contributed by atoms with Crippen molar-refractivity contribution in [2.24, 2.45) is 0 Å². The van der Waals surface area contributed by atoms with E-state index in [4.69, 9.17) is 23.9 Å². The lowest BCUT2D eigenvalue weighted by molar-refractivity contribution is 0.0779. The number of anilines is 1. The Bertz CT molecular complexity index is 1760. The number of rotatable bonds is 14. The van der Waals surface area contributed by atoms with E-state index >= 15 is 0 Å². The van der Waals surface area contributed by atoms with Crippen LogP contribution in [0, 0.1) is 13.8 Å². The van der Waals surface area contributed by atoms with Crippen molar-refractivity contribution in [1.82, 2.24) is 19.4 Å². The molecule has 3 heterocycles. The van der Waals surface area contributed by atoms with Crippen molar-refractivity contribution in [3.63, 3.8) is 0 Å². The van der Waals surface area contributed by atoms with E-state index in [-0.39, 0.29) is 11.3 Å². The number of nitrogens with one attached hydrogen (secondary N) is 1. The molecule has 0 spiro atoms. The second kappa shape index (κ2) is 15.7. The maximum Gasteiger partial charge on any atom is 0.254 e. The van der Waals surface area contributed by atoms with Crippen LogP contribution >= 0.6 is 0 Å². The molecule has 1 N–H and O–H groups in total. The lowest BCUT2D eigenvalue weighted by Crippen LogP contribution is -2.42. The third-order valence-corrected chi connectivity index (χ3v) is 10.8. The highest BCUT2D eigenvalue weighted by atomic mass is 16.5. The molecule has 0 radical (unpaired) electrons. The predicted molar refractivity (Wildman–Crippen MR) is 198 cm³/mol. The van der Waals surface area contributed by atoms with Gasteiger partial charge in [0, 0.05) is 56.4 Å². The first-order chi connectivity index (χ1) is 24.3. The number of likely N-dealkylation sites (tertiary alicyclic amines) is 2. The number of fused-ring (bicyclic) bond motifs is 1. The van der Waals surface area contributed by atoms with Gasteiger partial charge < -0.3 is 38.6 Å². The van der Waals surface area contributed by atoms with Crippen LogP contribution in [0.15, 0.2) is 54.6 Å². The molecule has 6 rings (SSSR count). The highest BCUT2D eigenvalue weighted by Crippen LogP contribution is 2.42. The fourth-order valence-electron chi connectivity index (χ4n) is 7.66. The van der Waals surface area contributed by atoms with E-state index in [0.29, 0.717) is 55.2 Å². The lowest BCUT2D eigenvalue weighted by Gasteiger charge is -2.36. The van der Waals surface area contributed by atoms with Gasteiger partial charge in [-0.25, -0.2) is 4.98 Å². The number of carbonyl (C=O) groups is 1. The Labute approximate surface area is 296 Å². The highest BCUT2D eigenvalue weighted by molar-refractivity contribution is 5.96. The second-order valence-electron chi connectivity index (χ2n) is 13.8. The number of methoxy groups -OCH3 is 3. The van der Waals surface area contributed by atoms with Gasteiger partial charge in [-0.15, -0.1) is 0 Å². The summed E-state index contributed by atoms with van der Waals surface area (Å²) in [6.07, 6.45) is 4.01. The molecule has 0 bridgehead atoms. The minimum atomic E-state index is -0.130. The van der Waals surface area contributed by atoms with Gasteiger partial charge in [-0.3, -0.25) is 4.79 Å². The number of hydrogen-bond acceptors (Lipinski definition) is 8. The summed E-state index contributed by atoms with van der Waals surface area (Å²) < 4.78 is 24.6. The first-order valence-electron chi connectivity index (χ1n) is 18.0. The molecule has 1 unspecified atom stereocenters. The average Bonchev–Trinajstić information content (AvgIpc) is 3.74. The summed E-state index contributed by atoms with van der Waals surface area (Å²) in [5.74, 6) is 2.36. The second-order valence-corrected chi connectivity index (χ2v) is 13.8. The third kappa shape index (κ3) is 7.42. The van der Waals surface area contributed by atoms with Crippen LogP contribution in [0.1, 0.15) is 59.7 Å². The number of amides is 1. The molecule has 10 nitrogen and oxygen atoms in total. The largest absolute Gasteiger partial charge is 0.493 e. The van der Waals surface area contributed by atoms with Crippen molar-refractivity contribution in [2.45, 2.75) is 64.5 Å². The van der Waals surface area contributed by atoms with E-state index < -0.39 is 0 Å². The van der Waals surface area contributed by atoms with Crippen LogP contribution in [0.25, 0.3) is 11.0 Å². The van der Waals surface area contributed by atoms with Gasteiger partial charge in [0.05, 0.1) is 39.0 Å². The number of imidazole rings is 1. The third-order valence-electron chi connectivity index (χ3n) is 10.8. The predicted octanol–water partition coefficient (Wildman–Crippen LogP) is 6.47. The van der Waals surface area contributed by atoms with E-state index in [1.165, 1.54) is 16.7 Å². The summed E-state index contributed by atoms with van der Waals surface area (Å²) in [4.78, 5) is 23.6. The van der Waals surface area contributed by atoms with Crippen LogP contribution in [0.5, 0.6) is 17.2 Å². The molecule has 1 aromatic heterocycles. The van der Waals surface area contributed by atoms with Crippen LogP contribution in [0.3, 0.4) is 0 Å². The van der Waals surface area contributed by atoms with Crippen molar-refractivity contribution < 1.29 is 23.7 Å². The molecule has 2 saturated heterocycles. The number of nitrogens with zero attached hydrogens (tertiary/aromatic N) is 4. The summed E-state index contributed by atoms with van der Waals surface area (Å²) in [6.45, 7) is 12.9. The van der Waals surface area contributed by atoms with Crippen molar-refractivity contribution in [3.05, 3.63) is 76.9 Å². The Balaban J connectivity index is 1.14. The van der Waals surface area contributed by atoms with Crippen molar-refractivity contribution in [2.75, 3.05) is 72.6 Å². The fraction of sp³-hybridized carbons (Fsp3) is 0.500. The van der Waals surface area contributed by atoms with Gasteiger partial charge in [0.2, 0.25) is 11.7 Å². The standard InChI is InChI=1S/C40H53N5O5/c1-7-50-23-22-45-34-11-9-8-10-33(34)42-39(45)41-32-14-18-43(19-15-32)20-16-40(31-13-12-28(2)29(3)24-31)17-21-44(27-40)38(46)30-25-35(47-4)37(49-6)36(26-30)48-5/h8-13,24-26,32H,7,14-23,27H2,1-6H3,(H,41,42).